The maximum absolute atomic E-state index is 12.9. The lowest BCUT2D eigenvalue weighted by Gasteiger charge is -1.99. The summed E-state index contributed by atoms with van der Waals surface area (Å²) in [5.41, 5.74) is 2.10. The van der Waals surface area contributed by atoms with Crippen LogP contribution in [0.2, 0.25) is 0 Å². The average Bonchev–Trinajstić information content (AvgIpc) is 2.62. The zero-order chi connectivity index (χ0) is 9.26. The van der Waals surface area contributed by atoms with E-state index in [4.69, 9.17) is 0 Å². The Labute approximate surface area is 75.4 Å². The molecule has 2 heterocycles. The lowest BCUT2D eigenvalue weighted by Crippen LogP contribution is -1.90. The largest absolute Gasteiger partial charge is 0.360 e. The van der Waals surface area contributed by atoms with E-state index in [-0.39, 0.29) is 5.82 Å². The molecule has 2 rings (SSSR count). The van der Waals surface area contributed by atoms with Crippen LogP contribution in [0.15, 0.2) is 30.5 Å². The van der Waals surface area contributed by atoms with Crippen LogP contribution in [0, 0.1) is 12.7 Å². The second kappa shape index (κ2) is 3.01. The van der Waals surface area contributed by atoms with Crippen molar-refractivity contribution in [2.24, 2.45) is 0 Å². The molecular formula is C10H9FN2. The van der Waals surface area contributed by atoms with Gasteiger partial charge in [0.1, 0.15) is 5.82 Å². The number of aryl methyl sites for hydroxylation is 1. The number of pyridine rings is 1. The molecule has 0 fully saturated rings. The molecule has 0 radical (unpaired) electrons. The van der Waals surface area contributed by atoms with Crippen molar-refractivity contribution in [3.05, 3.63) is 42.0 Å². The topological polar surface area (TPSA) is 28.7 Å². The smallest absolute Gasteiger partial charge is 0.144 e. The lowest BCUT2D eigenvalue weighted by atomic mass is 10.2. The van der Waals surface area contributed by atoms with Gasteiger partial charge in [0.2, 0.25) is 0 Å². The summed E-state index contributed by atoms with van der Waals surface area (Å²) >= 11 is 0. The molecule has 0 saturated carbocycles. The molecule has 3 heteroatoms. The van der Waals surface area contributed by atoms with E-state index in [2.05, 4.69) is 9.97 Å². The van der Waals surface area contributed by atoms with Crippen LogP contribution < -0.4 is 0 Å². The van der Waals surface area contributed by atoms with Crippen molar-refractivity contribution in [3.8, 4) is 11.4 Å². The van der Waals surface area contributed by atoms with E-state index in [9.17, 15) is 4.39 Å². The van der Waals surface area contributed by atoms with Gasteiger partial charge in [-0.15, -0.1) is 0 Å². The normalized spacial score (nSPS) is 10.3. The van der Waals surface area contributed by atoms with Crippen LogP contribution >= 0.6 is 0 Å². The minimum absolute atomic E-state index is 0.268. The van der Waals surface area contributed by atoms with E-state index in [0.717, 1.165) is 11.4 Å². The van der Waals surface area contributed by atoms with Gasteiger partial charge >= 0.3 is 0 Å². The molecule has 0 atom stereocenters. The highest BCUT2D eigenvalue weighted by Crippen LogP contribution is 2.15. The number of hydrogen-bond donors (Lipinski definition) is 1. The maximum atomic E-state index is 12.9. The van der Waals surface area contributed by atoms with Crippen molar-refractivity contribution >= 4 is 0 Å². The number of nitrogens with zero attached hydrogens (tertiary/aromatic N) is 1. The van der Waals surface area contributed by atoms with Crippen LogP contribution in [0.25, 0.3) is 11.4 Å². The van der Waals surface area contributed by atoms with Gasteiger partial charge < -0.3 is 4.98 Å². The first-order chi connectivity index (χ1) is 6.27. The molecule has 0 saturated heterocycles. The number of rotatable bonds is 1. The van der Waals surface area contributed by atoms with E-state index in [1.165, 1.54) is 6.07 Å². The van der Waals surface area contributed by atoms with Crippen molar-refractivity contribution in [1.82, 2.24) is 9.97 Å². The highest BCUT2D eigenvalue weighted by Gasteiger charge is 2.02. The van der Waals surface area contributed by atoms with E-state index < -0.39 is 0 Å². The minimum Gasteiger partial charge on any atom is -0.360 e. The highest BCUT2D eigenvalue weighted by molar-refractivity contribution is 5.54. The van der Waals surface area contributed by atoms with E-state index in [1.807, 2.05) is 18.3 Å². The number of halogens is 1. The van der Waals surface area contributed by atoms with Gasteiger partial charge in [-0.3, -0.25) is 0 Å². The molecule has 0 spiro atoms. The minimum atomic E-state index is -0.268. The Morgan fingerprint density at radius 1 is 1.31 bits per heavy atom. The van der Waals surface area contributed by atoms with Gasteiger partial charge in [-0.1, -0.05) is 0 Å². The second-order valence-corrected chi connectivity index (χ2v) is 2.85. The molecule has 0 aliphatic rings. The lowest BCUT2D eigenvalue weighted by molar-refractivity contribution is 0.610. The SMILES string of the molecule is Cc1nc(-c2ccc[nH]2)ccc1F. The molecule has 1 N–H and O–H groups in total. The number of hydrogen-bond acceptors (Lipinski definition) is 1. The first kappa shape index (κ1) is 7.98. The van der Waals surface area contributed by atoms with Crippen LogP contribution in [0.1, 0.15) is 5.69 Å². The second-order valence-electron chi connectivity index (χ2n) is 2.85. The molecule has 2 nitrogen and oxygen atoms in total. The third kappa shape index (κ3) is 1.45. The Kier molecular flexibility index (Phi) is 1.85. The van der Waals surface area contributed by atoms with E-state index >= 15 is 0 Å². The van der Waals surface area contributed by atoms with Crippen molar-refractivity contribution in [1.29, 1.82) is 0 Å². The van der Waals surface area contributed by atoms with Gasteiger partial charge in [-0.2, -0.15) is 0 Å². The molecule has 0 aliphatic heterocycles. The van der Waals surface area contributed by atoms with Crippen LogP contribution in [0.4, 0.5) is 4.39 Å². The quantitative estimate of drug-likeness (QED) is 0.710. The summed E-state index contributed by atoms with van der Waals surface area (Å²) in [4.78, 5) is 7.12. The van der Waals surface area contributed by atoms with Crippen molar-refractivity contribution < 1.29 is 4.39 Å². The van der Waals surface area contributed by atoms with Crippen molar-refractivity contribution in [2.75, 3.05) is 0 Å². The van der Waals surface area contributed by atoms with Crippen LogP contribution in [-0.4, -0.2) is 9.97 Å². The Balaban J connectivity index is 2.49. The summed E-state index contributed by atoms with van der Waals surface area (Å²) in [6, 6.07) is 6.88. The van der Waals surface area contributed by atoms with Gasteiger partial charge in [-0.05, 0) is 31.2 Å². The van der Waals surface area contributed by atoms with Crippen LogP contribution in [-0.2, 0) is 0 Å². The third-order valence-electron chi connectivity index (χ3n) is 1.90. The van der Waals surface area contributed by atoms with Crippen molar-refractivity contribution in [2.45, 2.75) is 6.92 Å². The fourth-order valence-electron chi connectivity index (χ4n) is 1.18. The number of aromatic nitrogens is 2. The molecule has 2 aromatic heterocycles. The zero-order valence-corrected chi connectivity index (χ0v) is 7.21. The Morgan fingerprint density at radius 3 is 2.77 bits per heavy atom. The van der Waals surface area contributed by atoms with Crippen molar-refractivity contribution in [3.63, 3.8) is 0 Å². The molecule has 13 heavy (non-hydrogen) atoms. The summed E-state index contributed by atoms with van der Waals surface area (Å²) in [7, 11) is 0. The predicted octanol–water partition coefficient (Wildman–Crippen LogP) is 2.52. The number of aromatic amines is 1. The molecule has 0 amide bonds. The van der Waals surface area contributed by atoms with E-state index in [0.29, 0.717) is 5.69 Å². The van der Waals surface area contributed by atoms with Gasteiger partial charge in [0.05, 0.1) is 17.1 Å². The predicted molar refractivity (Wildman–Crippen MR) is 48.7 cm³/mol. The molecule has 0 unspecified atom stereocenters. The summed E-state index contributed by atoms with van der Waals surface area (Å²) in [5, 5.41) is 0. The van der Waals surface area contributed by atoms with Gasteiger partial charge in [0, 0.05) is 6.20 Å². The van der Waals surface area contributed by atoms with Crippen LogP contribution in [0.3, 0.4) is 0 Å². The summed E-state index contributed by atoms with van der Waals surface area (Å²) in [5.74, 6) is -0.268. The summed E-state index contributed by atoms with van der Waals surface area (Å²) in [6.45, 7) is 1.65. The molecule has 2 aromatic rings. The van der Waals surface area contributed by atoms with Gasteiger partial charge in [-0.25, -0.2) is 9.37 Å². The molecule has 0 aromatic carbocycles. The number of H-pyrrole nitrogens is 1. The fraction of sp³-hybridized carbons (Fsp3) is 0.100. The van der Waals surface area contributed by atoms with Gasteiger partial charge in [0.15, 0.2) is 0 Å². The molecular weight excluding hydrogens is 167 g/mol. The Bertz CT molecular complexity index is 407. The standard InChI is InChI=1S/C10H9FN2/c1-7-8(11)4-5-10(13-7)9-3-2-6-12-9/h2-6,12H,1H3. The maximum Gasteiger partial charge on any atom is 0.144 e. The molecule has 0 bridgehead atoms. The number of nitrogens with one attached hydrogen (secondary N) is 1. The van der Waals surface area contributed by atoms with E-state index in [1.54, 1.807) is 13.0 Å². The first-order valence-corrected chi connectivity index (χ1v) is 4.04. The fourth-order valence-corrected chi connectivity index (χ4v) is 1.18. The summed E-state index contributed by atoms with van der Waals surface area (Å²) < 4.78 is 12.9. The summed E-state index contributed by atoms with van der Waals surface area (Å²) in [6.07, 6.45) is 1.82. The Hall–Kier alpha value is -1.64. The third-order valence-corrected chi connectivity index (χ3v) is 1.90. The zero-order valence-electron chi connectivity index (χ0n) is 7.21. The average molecular weight is 176 g/mol. The van der Waals surface area contributed by atoms with Gasteiger partial charge in [0.25, 0.3) is 0 Å². The monoisotopic (exact) mass is 176 g/mol. The highest BCUT2D eigenvalue weighted by atomic mass is 19.1. The molecule has 66 valence electrons. The Morgan fingerprint density at radius 2 is 2.15 bits per heavy atom. The molecule has 0 aliphatic carbocycles. The van der Waals surface area contributed by atoms with Crippen LogP contribution in [0.5, 0.6) is 0 Å². The first-order valence-electron chi connectivity index (χ1n) is 4.04.